The first-order valence-electron chi connectivity index (χ1n) is 7.26. The fraction of sp³-hybridized carbons (Fsp3) is 0.438. The monoisotopic (exact) mass is 341 g/mol. The van der Waals surface area contributed by atoms with Crippen LogP contribution in [-0.4, -0.2) is 16.3 Å². The number of oxazole rings is 1. The van der Waals surface area contributed by atoms with Gasteiger partial charge in [-0.2, -0.15) is 0 Å². The van der Waals surface area contributed by atoms with Gasteiger partial charge >= 0.3 is 5.76 Å². The molecule has 1 aromatic carbocycles. The molecule has 2 aromatic rings. The number of fused-ring (bicyclic) bond motifs is 1. The molecule has 0 spiro atoms. The summed E-state index contributed by atoms with van der Waals surface area (Å²) < 4.78 is 26.0. The summed E-state index contributed by atoms with van der Waals surface area (Å²) in [5, 5.41) is 10.1. The van der Waals surface area contributed by atoms with Crippen LogP contribution in [-0.2, 0) is 5.41 Å². The first-order chi connectivity index (χ1) is 10.7. The van der Waals surface area contributed by atoms with Crippen molar-refractivity contribution < 1.29 is 18.7 Å². The molecule has 0 amide bonds. The Balaban J connectivity index is 2.22. The van der Waals surface area contributed by atoms with E-state index in [1.165, 1.54) is 6.07 Å². The SMILES string of the molecule is CC(C)(C)c1oc(=O)n(-c2cc3c(cc2F)OCCC3O)c1Cl. The van der Waals surface area contributed by atoms with E-state index in [1.54, 1.807) is 0 Å². The first-order valence-corrected chi connectivity index (χ1v) is 7.64. The number of hydrogen-bond donors (Lipinski definition) is 1. The molecule has 5 nitrogen and oxygen atoms in total. The Hall–Kier alpha value is -1.79. The fourth-order valence-corrected chi connectivity index (χ4v) is 3.06. The van der Waals surface area contributed by atoms with Crippen LogP contribution in [0.5, 0.6) is 5.75 Å². The van der Waals surface area contributed by atoms with Crippen LogP contribution in [0.2, 0.25) is 5.15 Å². The zero-order valence-corrected chi connectivity index (χ0v) is 13.8. The predicted octanol–water partition coefficient (Wildman–Crippen LogP) is 3.34. The van der Waals surface area contributed by atoms with E-state index in [0.29, 0.717) is 18.6 Å². The molecule has 7 heteroatoms. The number of aromatic nitrogens is 1. The molecule has 0 radical (unpaired) electrons. The number of benzene rings is 1. The van der Waals surface area contributed by atoms with Crippen LogP contribution in [0.3, 0.4) is 0 Å². The third kappa shape index (κ3) is 2.66. The lowest BCUT2D eigenvalue weighted by molar-refractivity contribution is 0.115. The predicted molar refractivity (Wildman–Crippen MR) is 83.0 cm³/mol. The number of aliphatic hydroxyl groups is 1. The average Bonchev–Trinajstić information content (AvgIpc) is 2.74. The highest BCUT2D eigenvalue weighted by molar-refractivity contribution is 6.30. The molecule has 0 aliphatic carbocycles. The van der Waals surface area contributed by atoms with E-state index in [0.717, 1.165) is 10.6 Å². The van der Waals surface area contributed by atoms with Crippen LogP contribution >= 0.6 is 11.6 Å². The van der Waals surface area contributed by atoms with Crippen molar-refractivity contribution in [1.82, 2.24) is 4.57 Å². The standard InChI is InChI=1S/C16H17ClFNO4/c1-16(2,3)13-14(17)19(15(21)23-13)10-6-8-11(20)4-5-22-12(8)7-9(10)18/h6-7,11,20H,4-5H2,1-3H3. The number of rotatable bonds is 1. The number of nitrogens with zero attached hydrogens (tertiary/aromatic N) is 1. The Morgan fingerprint density at radius 2 is 2.09 bits per heavy atom. The third-order valence-corrected chi connectivity index (χ3v) is 4.11. The van der Waals surface area contributed by atoms with E-state index in [9.17, 15) is 14.3 Å². The molecule has 3 rings (SSSR count). The quantitative estimate of drug-likeness (QED) is 0.864. The van der Waals surface area contributed by atoms with Crippen molar-refractivity contribution in [3.8, 4) is 11.4 Å². The highest BCUT2D eigenvalue weighted by Gasteiger charge is 2.29. The smallest absolute Gasteiger partial charge is 0.425 e. The Bertz CT molecular complexity index is 819. The van der Waals surface area contributed by atoms with Crippen molar-refractivity contribution in [3.05, 3.63) is 45.0 Å². The Kier molecular flexibility index (Phi) is 3.77. The molecule has 0 bridgehead atoms. The summed E-state index contributed by atoms with van der Waals surface area (Å²) in [6, 6.07) is 2.53. The number of ether oxygens (including phenoxy) is 1. The molecule has 1 unspecified atom stereocenters. The minimum Gasteiger partial charge on any atom is -0.493 e. The highest BCUT2D eigenvalue weighted by atomic mass is 35.5. The third-order valence-electron chi connectivity index (χ3n) is 3.76. The van der Waals surface area contributed by atoms with Gasteiger partial charge in [0.15, 0.2) is 16.7 Å². The molecule has 1 aromatic heterocycles. The zero-order valence-electron chi connectivity index (χ0n) is 13.0. The maximum atomic E-state index is 14.4. The minimum absolute atomic E-state index is 0.0209. The molecule has 1 N–H and O–H groups in total. The molecule has 0 fully saturated rings. The second kappa shape index (κ2) is 5.39. The van der Waals surface area contributed by atoms with Gasteiger partial charge in [0.25, 0.3) is 0 Å². The molecule has 0 saturated heterocycles. The van der Waals surface area contributed by atoms with Gasteiger partial charge in [-0.1, -0.05) is 32.4 Å². The van der Waals surface area contributed by atoms with Crippen molar-refractivity contribution in [2.75, 3.05) is 6.61 Å². The van der Waals surface area contributed by atoms with Crippen LogP contribution in [0.25, 0.3) is 5.69 Å². The Morgan fingerprint density at radius 1 is 1.39 bits per heavy atom. The summed E-state index contributed by atoms with van der Waals surface area (Å²) in [6.45, 7) is 5.82. The fourth-order valence-electron chi connectivity index (χ4n) is 2.58. The van der Waals surface area contributed by atoms with Gasteiger partial charge < -0.3 is 14.3 Å². The van der Waals surface area contributed by atoms with Crippen LogP contribution in [0.1, 0.15) is 44.6 Å². The van der Waals surface area contributed by atoms with E-state index in [2.05, 4.69) is 0 Å². The molecule has 1 aliphatic rings. The van der Waals surface area contributed by atoms with Gasteiger partial charge in [0.05, 0.1) is 18.4 Å². The maximum Gasteiger partial charge on any atom is 0.425 e. The van der Waals surface area contributed by atoms with Gasteiger partial charge in [-0.15, -0.1) is 0 Å². The van der Waals surface area contributed by atoms with Gasteiger partial charge in [0.2, 0.25) is 0 Å². The van der Waals surface area contributed by atoms with Gasteiger partial charge in [0.1, 0.15) is 5.75 Å². The summed E-state index contributed by atoms with van der Waals surface area (Å²) in [4.78, 5) is 12.2. The van der Waals surface area contributed by atoms with Crippen molar-refractivity contribution in [3.63, 3.8) is 0 Å². The Labute approximate surface area is 137 Å². The second-order valence-corrected chi connectivity index (χ2v) is 6.93. The van der Waals surface area contributed by atoms with Gasteiger partial charge in [-0.25, -0.2) is 13.8 Å². The first kappa shape index (κ1) is 16.1. The summed E-state index contributed by atoms with van der Waals surface area (Å²) in [7, 11) is 0. The van der Waals surface area contributed by atoms with Crippen molar-refractivity contribution >= 4 is 11.6 Å². The molecular formula is C16H17ClFNO4. The van der Waals surface area contributed by atoms with Crippen molar-refractivity contribution in [2.24, 2.45) is 0 Å². The zero-order chi connectivity index (χ0) is 16.9. The lowest BCUT2D eigenvalue weighted by Gasteiger charge is -2.23. The van der Waals surface area contributed by atoms with E-state index in [1.807, 2.05) is 20.8 Å². The largest absolute Gasteiger partial charge is 0.493 e. The number of hydrogen-bond acceptors (Lipinski definition) is 4. The lowest BCUT2D eigenvalue weighted by atomic mass is 9.94. The molecule has 23 heavy (non-hydrogen) atoms. The molecule has 124 valence electrons. The summed E-state index contributed by atoms with van der Waals surface area (Å²) >= 11 is 6.25. The maximum absolute atomic E-state index is 14.4. The van der Waals surface area contributed by atoms with E-state index >= 15 is 0 Å². The average molecular weight is 342 g/mol. The molecular weight excluding hydrogens is 325 g/mol. The van der Waals surface area contributed by atoms with E-state index in [4.69, 9.17) is 20.8 Å². The van der Waals surface area contributed by atoms with Gasteiger partial charge in [-0.3, -0.25) is 0 Å². The normalized spacial score (nSPS) is 17.7. The molecule has 2 heterocycles. The molecule has 1 aliphatic heterocycles. The van der Waals surface area contributed by atoms with Crippen LogP contribution < -0.4 is 10.5 Å². The summed E-state index contributed by atoms with van der Waals surface area (Å²) in [6.07, 6.45) is -0.374. The number of halogens is 2. The Morgan fingerprint density at radius 3 is 2.70 bits per heavy atom. The van der Waals surface area contributed by atoms with E-state index < -0.39 is 23.1 Å². The molecule has 1 atom stereocenters. The van der Waals surface area contributed by atoms with Crippen molar-refractivity contribution in [1.29, 1.82) is 0 Å². The highest BCUT2D eigenvalue weighted by Crippen LogP contribution is 2.37. The van der Waals surface area contributed by atoms with Crippen LogP contribution in [0, 0.1) is 5.82 Å². The summed E-state index contributed by atoms with van der Waals surface area (Å²) in [5.74, 6) is -0.903. The van der Waals surface area contributed by atoms with Crippen LogP contribution in [0.15, 0.2) is 21.3 Å². The van der Waals surface area contributed by atoms with Gasteiger partial charge in [0, 0.05) is 23.5 Å². The van der Waals surface area contributed by atoms with Crippen molar-refractivity contribution in [2.45, 2.75) is 38.7 Å². The summed E-state index contributed by atoms with van der Waals surface area (Å²) in [5.41, 5.74) is -0.147. The molecule has 0 saturated carbocycles. The minimum atomic E-state index is -0.776. The number of aliphatic hydroxyl groups excluding tert-OH is 1. The van der Waals surface area contributed by atoms with E-state index in [-0.39, 0.29) is 22.4 Å². The second-order valence-electron chi connectivity index (χ2n) is 6.57. The topological polar surface area (TPSA) is 64.6 Å². The van der Waals surface area contributed by atoms with Gasteiger partial charge in [-0.05, 0) is 6.07 Å². The lowest BCUT2D eigenvalue weighted by Crippen LogP contribution is -2.18. The van der Waals surface area contributed by atoms with Crippen LogP contribution in [0.4, 0.5) is 4.39 Å².